The summed E-state index contributed by atoms with van der Waals surface area (Å²) >= 11 is 0. The number of aryl methyl sites for hydroxylation is 2. The minimum Gasteiger partial charge on any atom is -0.505 e. The Morgan fingerprint density at radius 1 is 0.903 bits per heavy atom. The van der Waals surface area contributed by atoms with E-state index in [1.54, 1.807) is 14.2 Å². The molecule has 0 fully saturated rings. The lowest BCUT2D eigenvalue weighted by Crippen LogP contribution is -2.21. The van der Waals surface area contributed by atoms with Gasteiger partial charge in [-0.15, -0.1) is 0 Å². The van der Waals surface area contributed by atoms with Gasteiger partial charge in [-0.25, -0.2) is 9.97 Å². The number of aromatic nitrogens is 2. The zero-order valence-electron chi connectivity index (χ0n) is 18.1. The standard InChI is InChI=1S/C25H25N3O3/c1-15-7-5-10-21(26-15)28-23(19-8-6-9-20(30-3)25(19)31-4)18-14-13-17-12-11-16(2)27-22(17)24(18)29/h5-14,23,29H,1-4H3,(H,26,28)/p+1/t23-/m0/s1. The molecule has 4 aromatic rings. The minimum absolute atomic E-state index is 0.135. The van der Waals surface area contributed by atoms with Crippen molar-refractivity contribution in [3.05, 3.63) is 83.2 Å². The number of H-pyrrole nitrogens is 1. The zero-order valence-corrected chi connectivity index (χ0v) is 18.1. The first-order chi connectivity index (χ1) is 15.0. The molecule has 0 spiro atoms. The highest BCUT2D eigenvalue weighted by molar-refractivity contribution is 5.86. The maximum atomic E-state index is 11.2. The van der Waals surface area contributed by atoms with Crippen molar-refractivity contribution in [3.63, 3.8) is 0 Å². The number of anilines is 1. The van der Waals surface area contributed by atoms with Gasteiger partial charge in [0, 0.05) is 28.3 Å². The van der Waals surface area contributed by atoms with Crippen LogP contribution in [0.5, 0.6) is 17.2 Å². The molecule has 2 heterocycles. The lowest BCUT2D eigenvalue weighted by atomic mass is 9.95. The Morgan fingerprint density at radius 3 is 2.42 bits per heavy atom. The highest BCUT2D eigenvalue weighted by atomic mass is 16.5. The molecule has 158 valence electrons. The van der Waals surface area contributed by atoms with Crippen LogP contribution in [0.2, 0.25) is 0 Å². The maximum Gasteiger partial charge on any atom is 0.273 e. The first-order valence-electron chi connectivity index (χ1n) is 10.1. The highest BCUT2D eigenvalue weighted by Gasteiger charge is 2.28. The number of aromatic hydroxyl groups is 1. The molecule has 0 unspecified atom stereocenters. The number of hydrogen-bond acceptors (Lipinski definition) is 5. The number of phenols is 1. The van der Waals surface area contributed by atoms with Gasteiger partial charge in [0.2, 0.25) is 0 Å². The average Bonchev–Trinajstić information content (AvgIpc) is 2.78. The lowest BCUT2D eigenvalue weighted by molar-refractivity contribution is -0.371. The predicted molar refractivity (Wildman–Crippen MR) is 121 cm³/mol. The van der Waals surface area contributed by atoms with Gasteiger partial charge in [0.15, 0.2) is 17.5 Å². The number of methoxy groups -OCH3 is 2. The number of hydrogen-bond donors (Lipinski definition) is 2. The number of nitrogens with one attached hydrogen (secondary N) is 2. The summed E-state index contributed by atoms with van der Waals surface area (Å²) in [5, 5.41) is 15.6. The van der Waals surface area contributed by atoms with Crippen molar-refractivity contribution in [1.29, 1.82) is 0 Å². The summed E-state index contributed by atoms with van der Waals surface area (Å²) in [5.41, 5.74) is 3.95. The third-order valence-corrected chi connectivity index (χ3v) is 5.30. The quantitative estimate of drug-likeness (QED) is 0.481. The average molecular weight is 417 g/mol. The van der Waals surface area contributed by atoms with E-state index >= 15 is 0 Å². The van der Waals surface area contributed by atoms with Gasteiger partial charge >= 0.3 is 0 Å². The van der Waals surface area contributed by atoms with Crippen LogP contribution < -0.4 is 19.8 Å². The smallest absolute Gasteiger partial charge is 0.273 e. The number of nitrogens with zero attached hydrogens (tertiary/aromatic N) is 1. The second-order valence-electron chi connectivity index (χ2n) is 7.44. The number of benzene rings is 2. The van der Waals surface area contributed by atoms with Gasteiger partial charge < -0.3 is 14.6 Å². The summed E-state index contributed by atoms with van der Waals surface area (Å²) in [5.74, 6) is 2.17. The molecule has 0 aliphatic heterocycles. The molecular weight excluding hydrogens is 390 g/mol. The molecule has 0 saturated heterocycles. The molecule has 6 nitrogen and oxygen atoms in total. The number of pyridine rings is 2. The second-order valence-corrected chi connectivity index (χ2v) is 7.44. The Balaban J connectivity index is 1.93. The van der Waals surface area contributed by atoms with Crippen molar-refractivity contribution < 1.29 is 19.6 Å². The summed E-state index contributed by atoms with van der Waals surface area (Å²) in [6, 6.07) is 19.0. The predicted octanol–water partition coefficient (Wildman–Crippen LogP) is 4.59. The van der Waals surface area contributed by atoms with E-state index in [9.17, 15) is 5.11 Å². The number of para-hydroxylation sites is 1. The fourth-order valence-electron chi connectivity index (χ4n) is 3.81. The Morgan fingerprint density at radius 2 is 1.68 bits per heavy atom. The van der Waals surface area contributed by atoms with E-state index in [0.717, 1.165) is 28.2 Å². The van der Waals surface area contributed by atoms with Gasteiger partial charge in [0.05, 0.1) is 19.9 Å². The van der Waals surface area contributed by atoms with Gasteiger partial charge in [-0.3, -0.25) is 5.32 Å². The van der Waals surface area contributed by atoms with Crippen molar-refractivity contribution in [1.82, 2.24) is 4.98 Å². The van der Waals surface area contributed by atoms with Crippen molar-refractivity contribution in [2.24, 2.45) is 0 Å². The van der Waals surface area contributed by atoms with Crippen LogP contribution in [0, 0.1) is 13.8 Å². The van der Waals surface area contributed by atoms with Crippen LogP contribution in [0.25, 0.3) is 10.9 Å². The third kappa shape index (κ3) is 3.97. The van der Waals surface area contributed by atoms with Crippen LogP contribution in [0.15, 0.2) is 60.7 Å². The van der Waals surface area contributed by atoms with Crippen LogP contribution in [-0.4, -0.2) is 24.3 Å². The number of phenolic OH excluding ortho intramolecular Hbond substituents is 1. The fourth-order valence-corrected chi connectivity index (χ4v) is 3.81. The Kier molecular flexibility index (Phi) is 5.62. The summed E-state index contributed by atoms with van der Waals surface area (Å²) in [6.07, 6.45) is 0. The molecule has 4 rings (SSSR count). The molecule has 0 radical (unpaired) electrons. The number of aromatic amines is 1. The Labute approximate surface area is 181 Å². The number of rotatable bonds is 6. The minimum atomic E-state index is -0.421. The maximum absolute atomic E-state index is 11.2. The molecule has 1 atom stereocenters. The van der Waals surface area contributed by atoms with Gasteiger partial charge in [0.1, 0.15) is 11.3 Å². The molecule has 2 aromatic heterocycles. The summed E-state index contributed by atoms with van der Waals surface area (Å²) < 4.78 is 11.2. The topological polar surface area (TPSA) is 77.8 Å². The monoisotopic (exact) mass is 416 g/mol. The van der Waals surface area contributed by atoms with Crippen molar-refractivity contribution in [2.45, 2.75) is 19.9 Å². The third-order valence-electron chi connectivity index (χ3n) is 5.30. The fraction of sp³-hybridized carbons (Fsp3) is 0.200. The van der Waals surface area contributed by atoms with Gasteiger partial charge in [-0.1, -0.05) is 30.3 Å². The van der Waals surface area contributed by atoms with Crippen LogP contribution in [0.4, 0.5) is 5.82 Å². The first kappa shape index (κ1) is 20.5. The van der Waals surface area contributed by atoms with E-state index in [1.165, 1.54) is 0 Å². The highest BCUT2D eigenvalue weighted by Crippen LogP contribution is 2.42. The Hall–Kier alpha value is -3.80. The summed E-state index contributed by atoms with van der Waals surface area (Å²) in [7, 11) is 3.22. The molecule has 0 aliphatic rings. The normalized spacial score (nSPS) is 11.9. The van der Waals surface area contributed by atoms with Gasteiger partial charge in [0.25, 0.3) is 5.82 Å². The molecule has 6 heteroatoms. The second kappa shape index (κ2) is 8.52. The molecule has 2 aromatic carbocycles. The lowest BCUT2D eigenvalue weighted by Gasteiger charge is -2.21. The van der Waals surface area contributed by atoms with Crippen LogP contribution in [0.1, 0.15) is 28.6 Å². The molecule has 3 N–H and O–H groups in total. The molecule has 31 heavy (non-hydrogen) atoms. The van der Waals surface area contributed by atoms with Crippen molar-refractivity contribution in [2.75, 3.05) is 19.5 Å². The zero-order chi connectivity index (χ0) is 22.0. The van der Waals surface area contributed by atoms with E-state index in [-0.39, 0.29) is 5.75 Å². The van der Waals surface area contributed by atoms with Crippen molar-refractivity contribution in [3.8, 4) is 17.2 Å². The molecule has 0 aliphatic carbocycles. The summed E-state index contributed by atoms with van der Waals surface area (Å²) in [4.78, 5) is 7.90. The molecule has 0 bridgehead atoms. The Bertz CT molecular complexity index is 1240. The van der Waals surface area contributed by atoms with Gasteiger partial charge in [-0.05, 0) is 38.1 Å². The van der Waals surface area contributed by atoms with Crippen molar-refractivity contribution >= 4 is 16.7 Å². The van der Waals surface area contributed by atoms with Crippen LogP contribution in [0.3, 0.4) is 0 Å². The molecule has 0 saturated carbocycles. The van der Waals surface area contributed by atoms with E-state index in [4.69, 9.17) is 9.47 Å². The van der Waals surface area contributed by atoms with Crippen LogP contribution >= 0.6 is 0 Å². The molecular formula is C25H26N3O3+. The van der Waals surface area contributed by atoms with Gasteiger partial charge in [-0.2, -0.15) is 0 Å². The number of ether oxygens (including phenoxy) is 2. The SMILES string of the molecule is COc1cccc([C@@H](Nc2cccc(C)[nH+]2)c2ccc3ccc(C)nc3c2O)c1OC. The molecule has 0 amide bonds. The van der Waals surface area contributed by atoms with Crippen LogP contribution in [-0.2, 0) is 0 Å². The van der Waals surface area contributed by atoms with E-state index < -0.39 is 6.04 Å². The number of fused-ring (bicyclic) bond motifs is 1. The summed E-state index contributed by atoms with van der Waals surface area (Å²) in [6.45, 7) is 3.90. The van der Waals surface area contributed by atoms with E-state index in [1.807, 2.05) is 74.5 Å². The van der Waals surface area contributed by atoms with E-state index in [0.29, 0.717) is 22.6 Å². The first-order valence-corrected chi connectivity index (χ1v) is 10.1. The largest absolute Gasteiger partial charge is 0.505 e. The van der Waals surface area contributed by atoms with E-state index in [2.05, 4.69) is 15.3 Å².